The number of aliphatic hydroxyl groups is 1. The van der Waals surface area contributed by atoms with Gasteiger partial charge < -0.3 is 19.8 Å². The molecule has 2 atom stereocenters. The topological polar surface area (TPSA) is 87.1 Å². The van der Waals surface area contributed by atoms with E-state index in [1.54, 1.807) is 27.7 Å². The maximum absolute atomic E-state index is 12.1. The van der Waals surface area contributed by atoms with E-state index in [1.807, 2.05) is 0 Å². The first kappa shape index (κ1) is 15.8. The van der Waals surface area contributed by atoms with Crippen molar-refractivity contribution in [3.63, 3.8) is 0 Å². The molecule has 6 heteroatoms. The van der Waals surface area contributed by atoms with Crippen LogP contribution in [0.25, 0.3) is 0 Å². The molecule has 0 bridgehead atoms. The van der Waals surface area contributed by atoms with Gasteiger partial charge in [-0.05, 0) is 33.6 Å². The Morgan fingerprint density at radius 3 is 2.37 bits per heavy atom. The van der Waals surface area contributed by atoms with Crippen molar-refractivity contribution in [2.24, 2.45) is 5.41 Å². The van der Waals surface area contributed by atoms with Crippen LogP contribution < -0.4 is 0 Å². The van der Waals surface area contributed by atoms with Gasteiger partial charge in [0.25, 0.3) is 0 Å². The predicted octanol–water partition coefficient (Wildman–Crippen LogP) is 1.47. The van der Waals surface area contributed by atoms with Gasteiger partial charge in [-0.3, -0.25) is 4.79 Å². The predicted molar refractivity (Wildman–Crippen MR) is 68.8 cm³/mol. The van der Waals surface area contributed by atoms with Gasteiger partial charge in [-0.1, -0.05) is 6.92 Å². The van der Waals surface area contributed by atoms with Crippen molar-refractivity contribution in [2.75, 3.05) is 13.2 Å². The van der Waals surface area contributed by atoms with E-state index in [0.29, 0.717) is 19.4 Å². The lowest BCUT2D eigenvalue weighted by Crippen LogP contribution is -2.49. The summed E-state index contributed by atoms with van der Waals surface area (Å²) in [7, 11) is 0. The summed E-state index contributed by atoms with van der Waals surface area (Å²) in [6.07, 6.45) is 0.138. The average Bonchev–Trinajstić information content (AvgIpc) is 2.66. The van der Waals surface area contributed by atoms with Crippen LogP contribution >= 0.6 is 0 Å². The summed E-state index contributed by atoms with van der Waals surface area (Å²) in [6, 6.07) is -0.732. The summed E-state index contributed by atoms with van der Waals surface area (Å²) in [4.78, 5) is 24.9. The van der Waals surface area contributed by atoms with Gasteiger partial charge in [0.1, 0.15) is 5.60 Å². The average molecular weight is 273 g/mol. The highest BCUT2D eigenvalue weighted by Crippen LogP contribution is 2.40. The van der Waals surface area contributed by atoms with Crippen molar-refractivity contribution >= 4 is 12.1 Å². The molecule has 1 amide bonds. The van der Waals surface area contributed by atoms with Crippen LogP contribution in [-0.4, -0.2) is 52.0 Å². The van der Waals surface area contributed by atoms with Crippen LogP contribution in [0, 0.1) is 5.41 Å². The van der Waals surface area contributed by atoms with Crippen molar-refractivity contribution in [3.8, 4) is 0 Å². The van der Waals surface area contributed by atoms with Gasteiger partial charge in [-0.2, -0.15) is 0 Å². The third-order valence-electron chi connectivity index (χ3n) is 3.67. The molecule has 0 aromatic carbocycles. The first-order chi connectivity index (χ1) is 8.68. The minimum Gasteiger partial charge on any atom is -0.481 e. The second kappa shape index (κ2) is 5.36. The molecule has 1 aliphatic rings. The van der Waals surface area contributed by atoms with Crippen molar-refractivity contribution in [3.05, 3.63) is 0 Å². The van der Waals surface area contributed by atoms with Crippen LogP contribution in [0.2, 0.25) is 0 Å². The molecule has 19 heavy (non-hydrogen) atoms. The number of amides is 1. The monoisotopic (exact) mass is 273 g/mol. The quantitative estimate of drug-likeness (QED) is 0.813. The van der Waals surface area contributed by atoms with E-state index < -0.39 is 29.1 Å². The molecule has 1 rings (SSSR count). The Morgan fingerprint density at radius 1 is 1.42 bits per heavy atom. The van der Waals surface area contributed by atoms with Crippen LogP contribution in [0.5, 0.6) is 0 Å². The number of hydrogen-bond donors (Lipinski definition) is 2. The molecule has 2 unspecified atom stereocenters. The number of likely N-dealkylation sites (tertiary alicyclic amines) is 1. The number of ether oxygens (including phenoxy) is 1. The molecule has 1 aliphatic heterocycles. The summed E-state index contributed by atoms with van der Waals surface area (Å²) < 4.78 is 5.25. The van der Waals surface area contributed by atoms with E-state index in [-0.39, 0.29) is 6.61 Å². The molecule has 0 saturated carbocycles. The number of nitrogens with zero attached hydrogens (tertiary/aromatic N) is 1. The highest BCUT2D eigenvalue weighted by Gasteiger charge is 2.53. The van der Waals surface area contributed by atoms with Gasteiger partial charge in [0.05, 0.1) is 18.1 Å². The molecule has 1 heterocycles. The molecular formula is C13H23NO5. The zero-order chi connectivity index (χ0) is 14.8. The van der Waals surface area contributed by atoms with E-state index in [9.17, 15) is 19.8 Å². The zero-order valence-electron chi connectivity index (χ0n) is 12.0. The van der Waals surface area contributed by atoms with Crippen molar-refractivity contribution < 1.29 is 24.5 Å². The lowest BCUT2D eigenvalue weighted by atomic mass is 9.78. The molecule has 0 radical (unpaired) electrons. The van der Waals surface area contributed by atoms with Crippen LogP contribution in [0.4, 0.5) is 4.79 Å². The summed E-state index contributed by atoms with van der Waals surface area (Å²) >= 11 is 0. The smallest absolute Gasteiger partial charge is 0.410 e. The maximum atomic E-state index is 12.1. The summed E-state index contributed by atoms with van der Waals surface area (Å²) in [5, 5.41) is 18.9. The number of aliphatic hydroxyl groups excluding tert-OH is 1. The number of hydrogen-bond acceptors (Lipinski definition) is 4. The van der Waals surface area contributed by atoms with E-state index >= 15 is 0 Å². The SMILES string of the molecule is CCC1(C(=O)O)CCN(C(=O)OC(C)(C)C)C1CO. The first-order valence-corrected chi connectivity index (χ1v) is 6.52. The van der Waals surface area contributed by atoms with E-state index in [0.717, 1.165) is 0 Å². The van der Waals surface area contributed by atoms with Gasteiger partial charge in [0.15, 0.2) is 0 Å². The minimum absolute atomic E-state index is 0.292. The van der Waals surface area contributed by atoms with Gasteiger partial charge in [-0.25, -0.2) is 4.79 Å². The number of rotatable bonds is 3. The van der Waals surface area contributed by atoms with Gasteiger partial charge in [0.2, 0.25) is 0 Å². The Morgan fingerprint density at radius 2 is 2.00 bits per heavy atom. The number of carbonyl (C=O) groups is 2. The fourth-order valence-corrected chi connectivity index (χ4v) is 2.57. The second-order valence-corrected chi connectivity index (χ2v) is 5.94. The van der Waals surface area contributed by atoms with Gasteiger partial charge in [-0.15, -0.1) is 0 Å². The largest absolute Gasteiger partial charge is 0.481 e. The molecule has 110 valence electrons. The van der Waals surface area contributed by atoms with Crippen molar-refractivity contribution in [1.29, 1.82) is 0 Å². The molecule has 0 spiro atoms. The standard InChI is InChI=1S/C13H23NO5/c1-5-13(10(16)17)6-7-14(9(13)8-15)11(18)19-12(2,3)4/h9,15H,5-8H2,1-4H3,(H,16,17). The maximum Gasteiger partial charge on any atom is 0.410 e. The van der Waals surface area contributed by atoms with E-state index in [2.05, 4.69) is 0 Å². The van der Waals surface area contributed by atoms with Crippen molar-refractivity contribution in [1.82, 2.24) is 4.90 Å². The Labute approximate surface area is 113 Å². The minimum atomic E-state index is -1.08. The van der Waals surface area contributed by atoms with Crippen LogP contribution in [-0.2, 0) is 9.53 Å². The summed E-state index contributed by atoms with van der Waals surface area (Å²) in [5.41, 5.74) is -1.72. The molecule has 1 saturated heterocycles. The normalized spacial score (nSPS) is 27.4. The summed E-state index contributed by atoms with van der Waals surface area (Å²) in [5.74, 6) is -0.972. The lowest BCUT2D eigenvalue weighted by molar-refractivity contribution is -0.151. The fraction of sp³-hybridized carbons (Fsp3) is 0.846. The van der Waals surface area contributed by atoms with Gasteiger partial charge in [0, 0.05) is 6.54 Å². The number of carboxylic acid groups (broad SMARTS) is 1. The van der Waals surface area contributed by atoms with Crippen molar-refractivity contribution in [2.45, 2.75) is 52.2 Å². The Kier molecular flexibility index (Phi) is 4.45. The molecule has 6 nitrogen and oxygen atoms in total. The first-order valence-electron chi connectivity index (χ1n) is 6.52. The molecule has 2 N–H and O–H groups in total. The van der Waals surface area contributed by atoms with Crippen LogP contribution in [0.3, 0.4) is 0 Å². The van der Waals surface area contributed by atoms with Crippen LogP contribution in [0.15, 0.2) is 0 Å². The number of carboxylic acids is 1. The Bertz CT molecular complexity index is 363. The van der Waals surface area contributed by atoms with Crippen LogP contribution in [0.1, 0.15) is 40.5 Å². The van der Waals surface area contributed by atoms with E-state index in [1.165, 1.54) is 4.90 Å². The summed E-state index contributed by atoms with van der Waals surface area (Å²) in [6.45, 7) is 6.92. The third kappa shape index (κ3) is 3.00. The second-order valence-electron chi connectivity index (χ2n) is 5.94. The molecule has 0 aromatic heterocycles. The molecule has 0 aromatic rings. The van der Waals surface area contributed by atoms with Gasteiger partial charge >= 0.3 is 12.1 Å². The lowest BCUT2D eigenvalue weighted by Gasteiger charge is -2.33. The molecular weight excluding hydrogens is 250 g/mol. The Hall–Kier alpha value is -1.30. The third-order valence-corrected chi connectivity index (χ3v) is 3.67. The fourth-order valence-electron chi connectivity index (χ4n) is 2.57. The highest BCUT2D eigenvalue weighted by molar-refractivity contribution is 5.79. The molecule has 1 fully saturated rings. The number of aliphatic carboxylic acids is 1. The number of carbonyl (C=O) groups excluding carboxylic acids is 1. The zero-order valence-corrected chi connectivity index (χ0v) is 12.0. The Balaban J connectivity index is 2.94. The highest BCUT2D eigenvalue weighted by atomic mass is 16.6. The molecule has 0 aliphatic carbocycles. The van der Waals surface area contributed by atoms with E-state index in [4.69, 9.17) is 4.74 Å².